The van der Waals surface area contributed by atoms with Crippen molar-refractivity contribution in [1.29, 1.82) is 0 Å². The van der Waals surface area contributed by atoms with E-state index < -0.39 is 5.82 Å². The van der Waals surface area contributed by atoms with E-state index in [9.17, 15) is 9.30 Å². The molecule has 0 aliphatic carbocycles. The fourth-order valence-electron chi connectivity index (χ4n) is 1.53. The van der Waals surface area contributed by atoms with Crippen molar-refractivity contribution in [2.24, 2.45) is 16.1 Å². The smallest absolute Gasteiger partial charge is 0.202 e. The molecule has 1 aromatic heterocycles. The van der Waals surface area contributed by atoms with Crippen molar-refractivity contribution in [2.45, 2.75) is 0 Å². The zero-order chi connectivity index (χ0) is 15.9. The van der Waals surface area contributed by atoms with Crippen molar-refractivity contribution < 1.29 is 9.02 Å². The minimum absolute atomic E-state index is 0.00530. The molecule has 0 unspecified atom stereocenters. The average Bonchev–Trinajstić information content (AvgIpc) is 2.96. The average molecular weight is 372 g/mol. The summed E-state index contributed by atoms with van der Waals surface area (Å²) in [5.41, 5.74) is 6.00. The summed E-state index contributed by atoms with van der Waals surface area (Å²) in [6.07, 6.45) is 0. The minimum atomic E-state index is -0.425. The molecule has 0 bridgehead atoms. The van der Waals surface area contributed by atoms with E-state index >= 15 is 0 Å². The molecule has 0 saturated carbocycles. The highest BCUT2D eigenvalue weighted by Gasteiger charge is 2.17. The molecule has 0 amide bonds. The van der Waals surface area contributed by atoms with Gasteiger partial charge in [0.05, 0.1) is 9.76 Å². The Morgan fingerprint density at radius 1 is 1.45 bits per heavy atom. The Kier molecular flexibility index (Phi) is 5.49. The second kappa shape index (κ2) is 7.56. The molecule has 0 aliphatic heterocycles. The van der Waals surface area contributed by atoms with Gasteiger partial charge in [0.25, 0.3) is 0 Å². The lowest BCUT2D eigenvalue weighted by molar-refractivity contribution is 0.308. The summed E-state index contributed by atoms with van der Waals surface area (Å²) in [4.78, 5) is 10.5. The predicted octanol–water partition coefficient (Wildman–Crippen LogP) is 1.88. The third-order valence-electron chi connectivity index (χ3n) is 2.47. The fourth-order valence-corrected chi connectivity index (χ4v) is 1.91. The fraction of sp³-hybridized carbons (Fsp3) is 0.182. The first-order chi connectivity index (χ1) is 10.7. The van der Waals surface area contributed by atoms with Crippen LogP contribution < -0.4 is 16.4 Å². The van der Waals surface area contributed by atoms with Crippen molar-refractivity contribution in [3.8, 4) is 0 Å². The Morgan fingerprint density at radius 3 is 2.95 bits per heavy atom. The SMILES string of the molecule is NCCNc1nonc1/C(=N/N=O)Nc1ccc(F)c(Br)c1. The number of rotatable bonds is 6. The lowest BCUT2D eigenvalue weighted by atomic mass is 10.3. The highest BCUT2D eigenvalue weighted by atomic mass is 79.9. The van der Waals surface area contributed by atoms with Crippen LogP contribution in [0, 0.1) is 10.7 Å². The van der Waals surface area contributed by atoms with Gasteiger partial charge >= 0.3 is 0 Å². The second-order valence-corrected chi connectivity index (χ2v) is 4.82. The van der Waals surface area contributed by atoms with Crippen LogP contribution >= 0.6 is 15.9 Å². The number of hydrogen-bond donors (Lipinski definition) is 3. The number of hydrogen-bond acceptors (Lipinski definition) is 7. The first-order valence-corrected chi connectivity index (χ1v) is 6.84. The monoisotopic (exact) mass is 371 g/mol. The van der Waals surface area contributed by atoms with Crippen LogP contribution in [0.15, 0.2) is 37.7 Å². The van der Waals surface area contributed by atoms with Crippen molar-refractivity contribution in [2.75, 3.05) is 23.7 Å². The van der Waals surface area contributed by atoms with Gasteiger partial charge in [-0.05, 0) is 44.4 Å². The number of nitrogens with zero attached hydrogens (tertiary/aromatic N) is 4. The van der Waals surface area contributed by atoms with E-state index in [4.69, 9.17) is 5.73 Å². The third kappa shape index (κ3) is 3.83. The first kappa shape index (κ1) is 16.0. The lowest BCUT2D eigenvalue weighted by Gasteiger charge is -2.08. The number of halogens is 2. The van der Waals surface area contributed by atoms with Crippen LogP contribution in [0.2, 0.25) is 0 Å². The van der Waals surface area contributed by atoms with Gasteiger partial charge in [-0.2, -0.15) is 0 Å². The lowest BCUT2D eigenvalue weighted by Crippen LogP contribution is -2.19. The van der Waals surface area contributed by atoms with Crippen LogP contribution in [0.1, 0.15) is 5.69 Å². The second-order valence-electron chi connectivity index (χ2n) is 3.96. The highest BCUT2D eigenvalue weighted by Crippen LogP contribution is 2.21. The first-order valence-electron chi connectivity index (χ1n) is 6.05. The molecule has 22 heavy (non-hydrogen) atoms. The summed E-state index contributed by atoms with van der Waals surface area (Å²) in [5.74, 6) is -0.179. The van der Waals surface area contributed by atoms with Gasteiger partial charge in [-0.1, -0.05) is 5.10 Å². The maximum absolute atomic E-state index is 13.2. The molecule has 0 spiro atoms. The van der Waals surface area contributed by atoms with Crippen LogP contribution in [0.25, 0.3) is 0 Å². The predicted molar refractivity (Wildman–Crippen MR) is 81.9 cm³/mol. The third-order valence-corrected chi connectivity index (χ3v) is 3.08. The van der Waals surface area contributed by atoms with Gasteiger partial charge in [0.1, 0.15) is 5.82 Å². The Labute approximate surface area is 132 Å². The maximum Gasteiger partial charge on any atom is 0.202 e. The Morgan fingerprint density at radius 2 is 2.27 bits per heavy atom. The molecule has 2 rings (SSSR count). The molecular weight excluding hydrogens is 361 g/mol. The number of nitroso groups, excluding NO2 is 1. The molecule has 1 aromatic carbocycles. The molecule has 4 N–H and O–H groups in total. The number of amidine groups is 1. The van der Waals surface area contributed by atoms with Crippen molar-refractivity contribution in [1.82, 2.24) is 10.3 Å². The van der Waals surface area contributed by atoms with E-state index in [-0.39, 0.29) is 21.8 Å². The van der Waals surface area contributed by atoms with Crippen LogP contribution in [0.3, 0.4) is 0 Å². The standard InChI is InChI=1S/C11H11BrFN7O2/c12-7-5-6(1-2-8(7)13)16-11(17-20-21)9-10(15-4-3-14)19-22-18-9/h1-2,5H,3-4,14H2,(H,15,19)(H,16,17,21). The summed E-state index contributed by atoms with van der Waals surface area (Å²) in [7, 11) is 0. The number of nitrogens with one attached hydrogen (secondary N) is 2. The minimum Gasteiger partial charge on any atom is -0.364 e. The van der Waals surface area contributed by atoms with Crippen molar-refractivity contribution in [3.63, 3.8) is 0 Å². The molecule has 0 fully saturated rings. The van der Waals surface area contributed by atoms with E-state index in [0.717, 1.165) is 0 Å². The van der Waals surface area contributed by atoms with Crippen LogP contribution in [0.4, 0.5) is 15.9 Å². The molecule has 11 heteroatoms. The number of nitrogens with two attached hydrogens (primary N) is 1. The van der Waals surface area contributed by atoms with Crippen LogP contribution in [-0.4, -0.2) is 29.2 Å². The van der Waals surface area contributed by atoms with Gasteiger partial charge < -0.3 is 16.4 Å². The summed E-state index contributed by atoms with van der Waals surface area (Å²) in [5, 5.41) is 18.8. The summed E-state index contributed by atoms with van der Waals surface area (Å²) < 4.78 is 18.1. The Hall–Kier alpha value is -2.40. The van der Waals surface area contributed by atoms with Crippen molar-refractivity contribution in [3.05, 3.63) is 39.1 Å². The van der Waals surface area contributed by atoms with E-state index in [1.54, 1.807) is 0 Å². The van der Waals surface area contributed by atoms with Gasteiger partial charge in [0.15, 0.2) is 11.5 Å². The quantitative estimate of drug-likeness (QED) is 0.305. The largest absolute Gasteiger partial charge is 0.364 e. The molecule has 0 radical (unpaired) electrons. The van der Waals surface area contributed by atoms with E-state index in [1.165, 1.54) is 18.2 Å². The number of aromatic nitrogens is 2. The molecule has 0 atom stereocenters. The van der Waals surface area contributed by atoms with Gasteiger partial charge in [-0.3, -0.25) is 0 Å². The highest BCUT2D eigenvalue weighted by molar-refractivity contribution is 9.10. The zero-order valence-electron chi connectivity index (χ0n) is 11.1. The van der Waals surface area contributed by atoms with E-state index in [2.05, 4.69) is 51.9 Å². The van der Waals surface area contributed by atoms with Gasteiger partial charge in [0.2, 0.25) is 5.82 Å². The molecule has 9 nitrogen and oxygen atoms in total. The van der Waals surface area contributed by atoms with E-state index in [0.29, 0.717) is 18.8 Å². The van der Waals surface area contributed by atoms with Crippen LogP contribution in [-0.2, 0) is 0 Å². The molecule has 2 aromatic rings. The van der Waals surface area contributed by atoms with Gasteiger partial charge in [-0.15, -0.1) is 4.91 Å². The van der Waals surface area contributed by atoms with E-state index in [1.807, 2.05) is 0 Å². The summed E-state index contributed by atoms with van der Waals surface area (Å²) in [6, 6.07) is 4.17. The number of benzene rings is 1. The van der Waals surface area contributed by atoms with Gasteiger partial charge in [-0.25, -0.2) is 9.02 Å². The summed E-state index contributed by atoms with van der Waals surface area (Å²) >= 11 is 3.06. The molecule has 116 valence electrons. The Balaban J connectivity index is 2.27. The topological polar surface area (TPSA) is 131 Å². The van der Waals surface area contributed by atoms with Gasteiger partial charge in [0, 0.05) is 18.8 Å². The Bertz CT molecular complexity index is 691. The summed E-state index contributed by atoms with van der Waals surface area (Å²) in [6.45, 7) is 0.786. The van der Waals surface area contributed by atoms with Crippen LogP contribution in [0.5, 0.6) is 0 Å². The molecular formula is C11H11BrFN7O2. The maximum atomic E-state index is 13.2. The zero-order valence-corrected chi connectivity index (χ0v) is 12.7. The molecule has 0 aliphatic rings. The normalized spacial score (nSPS) is 11.3. The van der Waals surface area contributed by atoms with Crippen molar-refractivity contribution >= 4 is 33.3 Å². The molecule has 1 heterocycles. The number of anilines is 2. The molecule has 0 saturated heterocycles.